The number of hydrogen-bond acceptors (Lipinski definition) is 3. The fourth-order valence-electron chi connectivity index (χ4n) is 2.12. The van der Waals surface area contributed by atoms with Crippen LogP contribution in [0.5, 0.6) is 0 Å². The molecular weight excluding hydrogens is 332 g/mol. The molecule has 0 aliphatic rings. The Hall–Kier alpha value is -2.86. The zero-order valence-corrected chi connectivity index (χ0v) is 13.3. The number of carbonyl (C=O) groups excluding carboxylic acids is 2. The molecule has 0 aromatic heterocycles. The first-order valence-corrected chi connectivity index (χ1v) is 7.43. The summed E-state index contributed by atoms with van der Waals surface area (Å²) in [6.07, 6.45) is 0.144. The van der Waals surface area contributed by atoms with Crippen molar-refractivity contribution in [3.63, 3.8) is 0 Å². The number of carbonyl (C=O) groups is 3. The molecule has 2 aromatic carbocycles. The zero-order valence-electron chi connectivity index (χ0n) is 12.5. The van der Waals surface area contributed by atoms with E-state index in [1.807, 2.05) is 0 Å². The third kappa shape index (κ3) is 4.33. The molecule has 2 aromatic rings. The number of benzene rings is 2. The minimum atomic E-state index is -1.04. The van der Waals surface area contributed by atoms with E-state index in [1.54, 1.807) is 30.3 Å². The van der Waals surface area contributed by atoms with Gasteiger partial charge in [0.25, 0.3) is 5.91 Å². The lowest BCUT2D eigenvalue weighted by atomic mass is 10.0. The lowest BCUT2D eigenvalue weighted by Gasteiger charge is -2.16. The van der Waals surface area contributed by atoms with Gasteiger partial charge in [0.2, 0.25) is 5.91 Å². The van der Waals surface area contributed by atoms with Crippen molar-refractivity contribution in [3.05, 3.63) is 70.2 Å². The fourth-order valence-corrected chi connectivity index (χ4v) is 2.34. The highest BCUT2D eigenvalue weighted by molar-refractivity contribution is 6.33. The van der Waals surface area contributed by atoms with Crippen LogP contribution in [0, 0.1) is 0 Å². The lowest BCUT2D eigenvalue weighted by Crippen LogP contribution is -2.45. The van der Waals surface area contributed by atoms with Gasteiger partial charge in [-0.2, -0.15) is 0 Å². The molecule has 4 N–H and O–H groups in total. The number of amides is 2. The number of carboxylic acid groups (broad SMARTS) is 1. The van der Waals surface area contributed by atoms with E-state index in [4.69, 9.17) is 22.4 Å². The summed E-state index contributed by atoms with van der Waals surface area (Å²) in [6.45, 7) is 0. The second-order valence-electron chi connectivity index (χ2n) is 5.11. The minimum Gasteiger partial charge on any atom is -0.478 e. The summed E-state index contributed by atoms with van der Waals surface area (Å²) in [6, 6.07) is 11.5. The molecule has 24 heavy (non-hydrogen) atoms. The molecule has 7 heteroatoms. The summed E-state index contributed by atoms with van der Waals surface area (Å²) in [7, 11) is 0. The molecular formula is C17H15ClN2O4. The predicted octanol–water partition coefficient (Wildman–Crippen LogP) is 1.86. The van der Waals surface area contributed by atoms with Crippen molar-refractivity contribution in [1.29, 1.82) is 0 Å². The monoisotopic (exact) mass is 346 g/mol. The topological polar surface area (TPSA) is 109 Å². The maximum atomic E-state index is 12.2. The van der Waals surface area contributed by atoms with E-state index in [1.165, 1.54) is 18.2 Å². The van der Waals surface area contributed by atoms with Crippen molar-refractivity contribution in [2.24, 2.45) is 5.73 Å². The third-order valence-electron chi connectivity index (χ3n) is 3.41. The molecule has 0 fully saturated rings. The molecule has 0 heterocycles. The highest BCUT2D eigenvalue weighted by atomic mass is 35.5. The molecule has 0 radical (unpaired) electrons. The fraction of sp³-hybridized carbons (Fsp3) is 0.118. The molecule has 0 unspecified atom stereocenters. The summed E-state index contributed by atoms with van der Waals surface area (Å²) in [5.41, 5.74) is 6.39. The summed E-state index contributed by atoms with van der Waals surface area (Å²) >= 11 is 5.96. The predicted molar refractivity (Wildman–Crippen MR) is 89.0 cm³/mol. The average molecular weight is 347 g/mol. The average Bonchev–Trinajstić information content (AvgIpc) is 2.54. The standard InChI is InChI=1S/C17H15ClN2O4/c18-13-4-2-1-3-12(13)16(22)20-14(15(19)21)9-10-5-7-11(8-6-10)17(23)24/h1-8,14H,9H2,(H2,19,21)(H,20,22)(H,23,24)/t14-/m1/s1. The van der Waals surface area contributed by atoms with Gasteiger partial charge in [0, 0.05) is 6.42 Å². The maximum absolute atomic E-state index is 12.2. The van der Waals surface area contributed by atoms with Gasteiger partial charge in [-0.05, 0) is 29.8 Å². The van der Waals surface area contributed by atoms with E-state index >= 15 is 0 Å². The molecule has 0 spiro atoms. The third-order valence-corrected chi connectivity index (χ3v) is 3.74. The van der Waals surface area contributed by atoms with Crippen LogP contribution in [0.4, 0.5) is 0 Å². The number of nitrogens with two attached hydrogens (primary N) is 1. The van der Waals surface area contributed by atoms with Crippen LogP contribution in [-0.4, -0.2) is 28.9 Å². The Morgan fingerprint density at radius 1 is 1.08 bits per heavy atom. The van der Waals surface area contributed by atoms with E-state index in [2.05, 4.69) is 5.32 Å². The normalized spacial score (nSPS) is 11.5. The number of carboxylic acids is 1. The van der Waals surface area contributed by atoms with Crippen LogP contribution in [-0.2, 0) is 11.2 Å². The molecule has 0 aliphatic heterocycles. The summed E-state index contributed by atoms with van der Waals surface area (Å²) in [5, 5.41) is 11.7. The van der Waals surface area contributed by atoms with Gasteiger partial charge in [0.05, 0.1) is 16.1 Å². The second-order valence-corrected chi connectivity index (χ2v) is 5.52. The number of nitrogens with one attached hydrogen (secondary N) is 1. The SMILES string of the molecule is NC(=O)[C@@H](Cc1ccc(C(=O)O)cc1)NC(=O)c1ccccc1Cl. The first-order chi connectivity index (χ1) is 11.4. The molecule has 124 valence electrons. The maximum Gasteiger partial charge on any atom is 0.335 e. The van der Waals surface area contributed by atoms with Crippen LogP contribution >= 0.6 is 11.6 Å². The van der Waals surface area contributed by atoms with Crippen molar-refractivity contribution < 1.29 is 19.5 Å². The largest absolute Gasteiger partial charge is 0.478 e. The summed E-state index contributed by atoms with van der Waals surface area (Å²) < 4.78 is 0. The Labute approximate surface area is 143 Å². The van der Waals surface area contributed by atoms with Crippen molar-refractivity contribution in [2.45, 2.75) is 12.5 Å². The molecule has 0 saturated carbocycles. The van der Waals surface area contributed by atoms with Crippen LogP contribution in [0.15, 0.2) is 48.5 Å². The molecule has 2 amide bonds. The van der Waals surface area contributed by atoms with Gasteiger partial charge < -0.3 is 16.2 Å². The van der Waals surface area contributed by atoms with Gasteiger partial charge in [-0.15, -0.1) is 0 Å². The Morgan fingerprint density at radius 3 is 2.25 bits per heavy atom. The van der Waals surface area contributed by atoms with Crippen LogP contribution < -0.4 is 11.1 Å². The number of aromatic carboxylic acids is 1. The highest BCUT2D eigenvalue weighted by Crippen LogP contribution is 2.15. The summed E-state index contributed by atoms with van der Waals surface area (Å²) in [4.78, 5) is 34.7. The zero-order chi connectivity index (χ0) is 17.7. The van der Waals surface area contributed by atoms with Crippen LogP contribution in [0.3, 0.4) is 0 Å². The molecule has 6 nitrogen and oxygen atoms in total. The molecule has 0 saturated heterocycles. The van der Waals surface area contributed by atoms with Gasteiger partial charge in [0.1, 0.15) is 6.04 Å². The van der Waals surface area contributed by atoms with Crippen LogP contribution in [0.1, 0.15) is 26.3 Å². The lowest BCUT2D eigenvalue weighted by molar-refractivity contribution is -0.119. The van der Waals surface area contributed by atoms with Gasteiger partial charge in [-0.1, -0.05) is 35.9 Å². The van der Waals surface area contributed by atoms with Gasteiger partial charge in [-0.3, -0.25) is 9.59 Å². The van der Waals surface area contributed by atoms with Crippen LogP contribution in [0.2, 0.25) is 5.02 Å². The number of rotatable bonds is 6. The summed E-state index contributed by atoms with van der Waals surface area (Å²) in [5.74, 6) is -2.25. The van der Waals surface area contributed by atoms with Gasteiger partial charge in [-0.25, -0.2) is 4.79 Å². The van der Waals surface area contributed by atoms with E-state index in [9.17, 15) is 14.4 Å². The van der Waals surface area contributed by atoms with Crippen LogP contribution in [0.25, 0.3) is 0 Å². The molecule has 1 atom stereocenters. The Morgan fingerprint density at radius 2 is 1.71 bits per heavy atom. The smallest absolute Gasteiger partial charge is 0.335 e. The number of primary amides is 1. The van der Waals surface area contributed by atoms with E-state index in [0.29, 0.717) is 5.56 Å². The number of halogens is 1. The Kier molecular flexibility index (Phi) is 5.55. The molecule has 0 aliphatic carbocycles. The van der Waals surface area contributed by atoms with Crippen molar-refractivity contribution >= 4 is 29.4 Å². The van der Waals surface area contributed by atoms with Gasteiger partial charge in [0.15, 0.2) is 0 Å². The second kappa shape index (κ2) is 7.61. The van der Waals surface area contributed by atoms with E-state index in [0.717, 1.165) is 0 Å². The Bertz CT molecular complexity index is 774. The first-order valence-electron chi connectivity index (χ1n) is 7.05. The van der Waals surface area contributed by atoms with E-state index in [-0.39, 0.29) is 22.6 Å². The Balaban J connectivity index is 2.12. The quantitative estimate of drug-likeness (QED) is 0.741. The number of hydrogen-bond donors (Lipinski definition) is 3. The van der Waals surface area contributed by atoms with Gasteiger partial charge >= 0.3 is 5.97 Å². The minimum absolute atomic E-state index is 0.134. The molecule has 0 bridgehead atoms. The van der Waals surface area contributed by atoms with Crippen molar-refractivity contribution in [2.75, 3.05) is 0 Å². The van der Waals surface area contributed by atoms with Crippen molar-refractivity contribution in [3.8, 4) is 0 Å². The molecule has 2 rings (SSSR count). The van der Waals surface area contributed by atoms with Crippen molar-refractivity contribution in [1.82, 2.24) is 5.32 Å². The highest BCUT2D eigenvalue weighted by Gasteiger charge is 2.20. The van der Waals surface area contributed by atoms with E-state index < -0.39 is 23.8 Å². The first kappa shape index (κ1) is 17.5.